The lowest BCUT2D eigenvalue weighted by atomic mass is 9.95. The number of ether oxygens (including phenoxy) is 2. The van der Waals surface area contributed by atoms with Crippen LogP contribution in [0, 0.1) is 0 Å². The first kappa shape index (κ1) is 22.7. The Labute approximate surface area is 207 Å². The highest BCUT2D eigenvalue weighted by atomic mass is 35.5. The number of methoxy groups -OCH3 is 1. The van der Waals surface area contributed by atoms with Crippen molar-refractivity contribution >= 4 is 29.2 Å². The van der Waals surface area contributed by atoms with Gasteiger partial charge in [0.25, 0.3) is 5.91 Å². The summed E-state index contributed by atoms with van der Waals surface area (Å²) in [5, 5.41) is 7.96. The Morgan fingerprint density at radius 3 is 2.43 bits per heavy atom. The van der Waals surface area contributed by atoms with Crippen LogP contribution < -0.4 is 9.64 Å². The monoisotopic (exact) mass is 487 g/mol. The van der Waals surface area contributed by atoms with E-state index in [1.54, 1.807) is 49.3 Å². The molecule has 0 bridgehead atoms. The van der Waals surface area contributed by atoms with Gasteiger partial charge in [0, 0.05) is 21.8 Å². The molecule has 0 aliphatic carbocycles. The van der Waals surface area contributed by atoms with Crippen molar-refractivity contribution in [1.82, 2.24) is 10.2 Å². The fourth-order valence-electron chi connectivity index (χ4n) is 4.35. The number of nitrogens with one attached hydrogen (secondary N) is 1. The van der Waals surface area contributed by atoms with Crippen molar-refractivity contribution in [2.75, 3.05) is 18.6 Å². The highest BCUT2D eigenvalue weighted by molar-refractivity contribution is 6.31. The van der Waals surface area contributed by atoms with Gasteiger partial charge in [-0.3, -0.25) is 14.8 Å². The second kappa shape index (κ2) is 9.27. The van der Waals surface area contributed by atoms with Gasteiger partial charge in [-0.05, 0) is 67.1 Å². The zero-order chi connectivity index (χ0) is 24.5. The molecule has 1 aliphatic rings. The van der Waals surface area contributed by atoms with Crippen LogP contribution in [0.15, 0.2) is 72.8 Å². The molecule has 176 valence electrons. The number of aromatic nitrogens is 2. The first-order chi connectivity index (χ1) is 17.0. The van der Waals surface area contributed by atoms with Crippen molar-refractivity contribution in [2.45, 2.75) is 13.0 Å². The van der Waals surface area contributed by atoms with E-state index in [1.165, 1.54) is 0 Å². The van der Waals surface area contributed by atoms with Crippen molar-refractivity contribution in [2.24, 2.45) is 0 Å². The molecule has 2 heterocycles. The minimum Gasteiger partial charge on any atom is -0.497 e. The molecule has 0 radical (unpaired) electrons. The maximum absolute atomic E-state index is 13.7. The minimum absolute atomic E-state index is 0.235. The predicted octanol–water partition coefficient (Wildman–Crippen LogP) is 5.67. The third kappa shape index (κ3) is 3.94. The van der Waals surface area contributed by atoms with E-state index in [-0.39, 0.29) is 12.5 Å². The van der Waals surface area contributed by atoms with Crippen molar-refractivity contribution < 1.29 is 19.1 Å². The number of esters is 1. The number of benzene rings is 3. The van der Waals surface area contributed by atoms with Gasteiger partial charge in [0.15, 0.2) is 0 Å². The van der Waals surface area contributed by atoms with Crippen LogP contribution in [-0.4, -0.2) is 35.8 Å². The average molecular weight is 488 g/mol. The minimum atomic E-state index is -0.518. The van der Waals surface area contributed by atoms with Gasteiger partial charge in [-0.1, -0.05) is 29.8 Å². The van der Waals surface area contributed by atoms with Crippen LogP contribution in [-0.2, 0) is 4.74 Å². The molecule has 1 N–H and O–H groups in total. The third-order valence-electron chi connectivity index (χ3n) is 5.99. The van der Waals surface area contributed by atoms with Gasteiger partial charge in [-0.2, -0.15) is 5.10 Å². The van der Waals surface area contributed by atoms with E-state index >= 15 is 0 Å². The van der Waals surface area contributed by atoms with E-state index in [0.29, 0.717) is 27.7 Å². The Bertz CT molecular complexity index is 1400. The highest BCUT2D eigenvalue weighted by Crippen LogP contribution is 2.46. The fraction of sp³-hybridized carbons (Fsp3) is 0.148. The number of carbonyl (C=O) groups is 2. The Morgan fingerprint density at radius 1 is 1.06 bits per heavy atom. The molecule has 5 rings (SSSR count). The number of hydrogen-bond donors (Lipinski definition) is 1. The molecular weight excluding hydrogens is 466 g/mol. The molecule has 4 aromatic rings. The molecule has 1 atom stereocenters. The van der Waals surface area contributed by atoms with Gasteiger partial charge in [0.1, 0.15) is 11.4 Å². The Kier molecular flexibility index (Phi) is 6.01. The third-order valence-corrected chi connectivity index (χ3v) is 6.33. The average Bonchev–Trinajstić information content (AvgIpc) is 3.44. The number of carbonyl (C=O) groups excluding carboxylic acids is 2. The zero-order valence-electron chi connectivity index (χ0n) is 19.1. The smallest absolute Gasteiger partial charge is 0.338 e. The molecule has 8 heteroatoms. The Hall–Kier alpha value is -4.10. The lowest BCUT2D eigenvalue weighted by Gasteiger charge is -2.27. The fourth-order valence-corrected chi connectivity index (χ4v) is 4.59. The molecule has 3 aromatic carbocycles. The summed E-state index contributed by atoms with van der Waals surface area (Å²) in [6.07, 6.45) is 0. The summed E-state index contributed by atoms with van der Waals surface area (Å²) < 4.78 is 10.4. The number of H-pyrrole nitrogens is 1. The lowest BCUT2D eigenvalue weighted by Crippen LogP contribution is -2.29. The van der Waals surface area contributed by atoms with Gasteiger partial charge in [0.05, 0.1) is 31.0 Å². The van der Waals surface area contributed by atoms with Crippen LogP contribution in [0.5, 0.6) is 5.75 Å². The normalized spacial score (nSPS) is 14.7. The largest absolute Gasteiger partial charge is 0.497 e. The summed E-state index contributed by atoms with van der Waals surface area (Å²) in [4.78, 5) is 27.4. The maximum Gasteiger partial charge on any atom is 0.338 e. The van der Waals surface area contributed by atoms with Crippen molar-refractivity contribution in [3.63, 3.8) is 0 Å². The number of fused-ring (bicyclic) bond motifs is 1. The van der Waals surface area contributed by atoms with Crippen LogP contribution in [0.2, 0.25) is 5.02 Å². The van der Waals surface area contributed by atoms with E-state index in [9.17, 15) is 9.59 Å². The molecule has 1 aliphatic heterocycles. The molecule has 0 saturated heterocycles. The standard InChI is InChI=1S/C27H22ClN3O4/c1-3-35-27(33)17-8-12-18(13-9-17)31-25(20-6-4-5-7-21(20)28)22-23(29-30-24(22)26(31)32)16-10-14-19(34-2)15-11-16/h4-15,25H,3H2,1-2H3,(H,29,30)/t25-/m0/s1. The van der Waals surface area contributed by atoms with Crippen LogP contribution >= 0.6 is 11.6 Å². The van der Waals surface area contributed by atoms with E-state index in [2.05, 4.69) is 10.2 Å². The molecule has 7 nitrogen and oxygen atoms in total. The van der Waals surface area contributed by atoms with E-state index in [4.69, 9.17) is 21.1 Å². The summed E-state index contributed by atoms with van der Waals surface area (Å²) in [6.45, 7) is 2.04. The lowest BCUT2D eigenvalue weighted by molar-refractivity contribution is 0.0526. The van der Waals surface area contributed by atoms with Crippen LogP contribution in [0.3, 0.4) is 0 Å². The van der Waals surface area contributed by atoms with Crippen molar-refractivity contribution in [3.05, 3.63) is 100 Å². The number of hydrogen-bond acceptors (Lipinski definition) is 5. The summed E-state index contributed by atoms with van der Waals surface area (Å²) in [5.41, 5.74) is 4.44. The maximum atomic E-state index is 13.7. The SMILES string of the molecule is CCOC(=O)c1ccc(N2C(=O)c3[nH]nc(-c4ccc(OC)cc4)c3[C@@H]2c2ccccc2Cl)cc1. The Morgan fingerprint density at radius 2 is 1.77 bits per heavy atom. The van der Waals surface area contributed by atoms with Gasteiger partial charge < -0.3 is 9.47 Å². The molecule has 35 heavy (non-hydrogen) atoms. The van der Waals surface area contributed by atoms with Crippen LogP contribution in [0.4, 0.5) is 5.69 Å². The van der Waals surface area contributed by atoms with Gasteiger partial charge in [-0.15, -0.1) is 0 Å². The number of halogens is 1. The van der Waals surface area contributed by atoms with E-state index < -0.39 is 12.0 Å². The van der Waals surface area contributed by atoms with E-state index in [1.807, 2.05) is 42.5 Å². The Balaban J connectivity index is 1.64. The molecule has 1 aromatic heterocycles. The number of nitrogens with zero attached hydrogens (tertiary/aromatic N) is 2. The van der Waals surface area contributed by atoms with Gasteiger partial charge in [0.2, 0.25) is 0 Å². The highest BCUT2D eigenvalue weighted by Gasteiger charge is 2.43. The number of amides is 1. The van der Waals surface area contributed by atoms with Crippen LogP contribution in [0.1, 0.15) is 44.9 Å². The summed E-state index contributed by atoms with van der Waals surface area (Å²) in [5.74, 6) is 0.0784. The van der Waals surface area contributed by atoms with Crippen LogP contribution in [0.25, 0.3) is 11.3 Å². The molecule has 0 spiro atoms. The molecule has 1 amide bonds. The first-order valence-corrected chi connectivity index (χ1v) is 11.5. The molecular formula is C27H22ClN3O4. The van der Waals surface area contributed by atoms with Crippen molar-refractivity contribution in [1.29, 1.82) is 0 Å². The molecule has 0 fully saturated rings. The molecule has 0 saturated carbocycles. The quantitative estimate of drug-likeness (QED) is 0.354. The number of rotatable bonds is 6. The van der Waals surface area contributed by atoms with Crippen molar-refractivity contribution in [3.8, 4) is 17.0 Å². The van der Waals surface area contributed by atoms with Gasteiger partial charge >= 0.3 is 5.97 Å². The predicted molar refractivity (Wildman–Crippen MR) is 133 cm³/mol. The summed E-state index contributed by atoms with van der Waals surface area (Å²) >= 11 is 6.63. The first-order valence-electron chi connectivity index (χ1n) is 11.1. The summed E-state index contributed by atoms with van der Waals surface area (Å²) in [6, 6.07) is 21.2. The van der Waals surface area contributed by atoms with Gasteiger partial charge in [-0.25, -0.2) is 4.79 Å². The summed E-state index contributed by atoms with van der Waals surface area (Å²) in [7, 11) is 1.61. The topological polar surface area (TPSA) is 84.5 Å². The second-order valence-electron chi connectivity index (χ2n) is 7.96. The molecule has 0 unspecified atom stereocenters. The number of aromatic amines is 1. The zero-order valence-corrected chi connectivity index (χ0v) is 19.9. The number of anilines is 1. The second-order valence-corrected chi connectivity index (χ2v) is 8.36. The van der Waals surface area contributed by atoms with E-state index in [0.717, 1.165) is 22.4 Å².